The fourth-order valence-corrected chi connectivity index (χ4v) is 2.09. The smallest absolute Gasteiger partial charge is 0.340 e. The van der Waals surface area contributed by atoms with E-state index in [4.69, 9.17) is 22.1 Å². The Hall–Kier alpha value is -0.740. The maximum Gasteiger partial charge on any atom is 0.340 e. The van der Waals surface area contributed by atoms with Gasteiger partial charge in [-0.3, -0.25) is 0 Å². The predicted molar refractivity (Wildman–Crippen MR) is 73.5 cm³/mol. The Balaban J connectivity index is 3.27. The second-order valence-corrected chi connectivity index (χ2v) is 5.96. The van der Waals surface area contributed by atoms with Gasteiger partial charge in [-0.2, -0.15) is 0 Å². The van der Waals surface area contributed by atoms with Gasteiger partial charge in [-0.15, -0.1) is 0 Å². The summed E-state index contributed by atoms with van der Waals surface area (Å²) in [5.41, 5.74) is 6.74. The third kappa shape index (κ3) is 3.36. The molecule has 0 aliphatic heterocycles. The van der Waals surface area contributed by atoms with Gasteiger partial charge in [0.05, 0.1) is 15.1 Å². The average molecular weight is 321 g/mol. The van der Waals surface area contributed by atoms with E-state index in [0.29, 0.717) is 26.3 Å². The van der Waals surface area contributed by atoms with Gasteiger partial charge in [0.2, 0.25) is 0 Å². The monoisotopic (exact) mass is 319 g/mol. The number of benzene rings is 1. The third-order valence-electron chi connectivity index (χ3n) is 2.12. The summed E-state index contributed by atoms with van der Waals surface area (Å²) in [5, 5.41) is 0.397. The van der Waals surface area contributed by atoms with Crippen LogP contribution in [0.5, 0.6) is 0 Å². The van der Waals surface area contributed by atoms with E-state index in [9.17, 15) is 4.79 Å². The van der Waals surface area contributed by atoms with Crippen LogP contribution in [0, 0.1) is 6.92 Å². The molecule has 2 N–H and O–H groups in total. The molecule has 1 rings (SSSR count). The molecule has 0 aromatic heterocycles. The van der Waals surface area contributed by atoms with E-state index in [1.165, 1.54) is 0 Å². The summed E-state index contributed by atoms with van der Waals surface area (Å²) >= 11 is 9.26. The van der Waals surface area contributed by atoms with Crippen molar-refractivity contribution in [2.45, 2.75) is 33.3 Å². The second kappa shape index (κ2) is 4.86. The molecule has 17 heavy (non-hydrogen) atoms. The Kier molecular flexibility index (Phi) is 4.10. The third-order valence-corrected chi connectivity index (χ3v) is 3.47. The van der Waals surface area contributed by atoms with Crippen LogP contribution in [0.25, 0.3) is 0 Å². The summed E-state index contributed by atoms with van der Waals surface area (Å²) in [5.74, 6) is -0.434. The highest BCUT2D eigenvalue weighted by Gasteiger charge is 2.23. The first kappa shape index (κ1) is 14.3. The molecular formula is C12H15BrClNO2. The highest BCUT2D eigenvalue weighted by Crippen LogP contribution is 2.33. The van der Waals surface area contributed by atoms with Gasteiger partial charge in [0.1, 0.15) is 5.60 Å². The number of nitrogen functional groups attached to an aromatic ring is 1. The van der Waals surface area contributed by atoms with Gasteiger partial charge in [0, 0.05) is 5.69 Å². The molecule has 0 amide bonds. The minimum Gasteiger partial charge on any atom is -0.456 e. The predicted octanol–water partition coefficient (Wildman–Crippen LogP) is 3.95. The molecule has 94 valence electrons. The lowest BCUT2D eigenvalue weighted by molar-refractivity contribution is 0.00678. The quantitative estimate of drug-likeness (QED) is 0.629. The van der Waals surface area contributed by atoms with Crippen LogP contribution >= 0.6 is 27.5 Å². The second-order valence-electron chi connectivity index (χ2n) is 4.76. The number of carbonyl (C=O) groups is 1. The van der Waals surface area contributed by atoms with Crippen molar-refractivity contribution in [2.24, 2.45) is 0 Å². The Morgan fingerprint density at radius 3 is 2.47 bits per heavy atom. The van der Waals surface area contributed by atoms with E-state index in [1.807, 2.05) is 20.8 Å². The first-order chi connectivity index (χ1) is 7.63. The Morgan fingerprint density at radius 1 is 1.47 bits per heavy atom. The minimum absolute atomic E-state index is 0.380. The van der Waals surface area contributed by atoms with Gasteiger partial charge in [0.15, 0.2) is 0 Å². The van der Waals surface area contributed by atoms with Crippen LogP contribution in [0.2, 0.25) is 5.02 Å². The van der Waals surface area contributed by atoms with Gasteiger partial charge >= 0.3 is 5.97 Å². The van der Waals surface area contributed by atoms with E-state index in [0.717, 1.165) is 0 Å². The van der Waals surface area contributed by atoms with Crippen molar-refractivity contribution in [2.75, 3.05) is 5.73 Å². The standard InChI is InChI=1S/C12H15BrClNO2/c1-6-8(15)5-7(14)10(13)9(6)11(16)17-12(2,3)4/h5H,15H2,1-4H3. The van der Waals surface area contributed by atoms with Crippen molar-refractivity contribution in [1.82, 2.24) is 0 Å². The van der Waals surface area contributed by atoms with Crippen LogP contribution in [-0.4, -0.2) is 11.6 Å². The van der Waals surface area contributed by atoms with Crippen LogP contribution in [0.4, 0.5) is 5.69 Å². The molecule has 0 saturated carbocycles. The number of anilines is 1. The van der Waals surface area contributed by atoms with Crippen LogP contribution in [0.1, 0.15) is 36.7 Å². The molecule has 0 unspecified atom stereocenters. The van der Waals surface area contributed by atoms with Crippen molar-refractivity contribution in [3.8, 4) is 0 Å². The first-order valence-electron chi connectivity index (χ1n) is 5.11. The van der Waals surface area contributed by atoms with E-state index in [-0.39, 0.29) is 0 Å². The number of hydrogen-bond acceptors (Lipinski definition) is 3. The van der Waals surface area contributed by atoms with Gasteiger partial charge in [0.25, 0.3) is 0 Å². The summed E-state index contributed by atoms with van der Waals surface area (Å²) < 4.78 is 5.83. The molecule has 0 heterocycles. The average Bonchev–Trinajstić information content (AvgIpc) is 2.12. The topological polar surface area (TPSA) is 52.3 Å². The van der Waals surface area contributed by atoms with Gasteiger partial charge < -0.3 is 10.5 Å². The fraction of sp³-hybridized carbons (Fsp3) is 0.417. The number of nitrogens with two attached hydrogens (primary N) is 1. The Morgan fingerprint density at radius 2 is 2.00 bits per heavy atom. The molecule has 0 radical (unpaired) electrons. The zero-order valence-electron chi connectivity index (χ0n) is 10.2. The zero-order chi connectivity index (χ0) is 13.4. The summed E-state index contributed by atoms with van der Waals surface area (Å²) in [6.07, 6.45) is 0. The molecule has 0 atom stereocenters. The Bertz CT molecular complexity index is 440. The Labute approximate surface area is 114 Å². The number of rotatable bonds is 1. The van der Waals surface area contributed by atoms with Crippen molar-refractivity contribution in [1.29, 1.82) is 0 Å². The summed E-state index contributed by atoms with van der Waals surface area (Å²) in [6, 6.07) is 1.61. The van der Waals surface area contributed by atoms with Gasteiger partial charge in [-0.05, 0) is 55.3 Å². The number of hydrogen-bond donors (Lipinski definition) is 1. The molecule has 1 aromatic carbocycles. The minimum atomic E-state index is -0.556. The number of halogens is 2. The van der Waals surface area contributed by atoms with Crippen molar-refractivity contribution in [3.63, 3.8) is 0 Å². The molecule has 5 heteroatoms. The van der Waals surface area contributed by atoms with Crippen LogP contribution in [0.15, 0.2) is 10.5 Å². The maximum absolute atomic E-state index is 12.0. The normalized spacial score (nSPS) is 11.4. The molecule has 0 saturated heterocycles. The lowest BCUT2D eigenvalue weighted by Gasteiger charge is -2.21. The highest BCUT2D eigenvalue weighted by molar-refractivity contribution is 9.10. The van der Waals surface area contributed by atoms with Crippen LogP contribution < -0.4 is 5.73 Å². The van der Waals surface area contributed by atoms with Crippen LogP contribution in [0.3, 0.4) is 0 Å². The highest BCUT2D eigenvalue weighted by atomic mass is 79.9. The molecule has 0 spiro atoms. The largest absolute Gasteiger partial charge is 0.456 e. The molecule has 0 bridgehead atoms. The first-order valence-corrected chi connectivity index (χ1v) is 6.28. The summed E-state index contributed by atoms with van der Waals surface area (Å²) in [7, 11) is 0. The lowest BCUT2D eigenvalue weighted by atomic mass is 10.1. The zero-order valence-corrected chi connectivity index (χ0v) is 12.6. The number of ether oxygens (including phenoxy) is 1. The van der Waals surface area contributed by atoms with Crippen molar-refractivity contribution in [3.05, 3.63) is 26.7 Å². The number of esters is 1. The fourth-order valence-electron chi connectivity index (χ4n) is 1.31. The van der Waals surface area contributed by atoms with Gasteiger partial charge in [-0.25, -0.2) is 4.79 Å². The molecule has 0 aliphatic carbocycles. The molecule has 0 aliphatic rings. The number of carbonyl (C=O) groups excluding carboxylic acids is 1. The van der Waals surface area contributed by atoms with E-state index < -0.39 is 11.6 Å². The molecule has 3 nitrogen and oxygen atoms in total. The van der Waals surface area contributed by atoms with Crippen molar-refractivity contribution >= 4 is 39.2 Å². The molecule has 0 fully saturated rings. The van der Waals surface area contributed by atoms with Crippen LogP contribution in [-0.2, 0) is 4.74 Å². The van der Waals surface area contributed by atoms with E-state index in [1.54, 1.807) is 13.0 Å². The maximum atomic E-state index is 12.0. The van der Waals surface area contributed by atoms with Gasteiger partial charge in [-0.1, -0.05) is 11.6 Å². The molecule has 1 aromatic rings. The SMILES string of the molecule is Cc1c(N)cc(Cl)c(Br)c1C(=O)OC(C)(C)C. The summed E-state index contributed by atoms with van der Waals surface area (Å²) in [6.45, 7) is 7.18. The summed E-state index contributed by atoms with van der Waals surface area (Å²) in [4.78, 5) is 12.0. The van der Waals surface area contributed by atoms with Crippen molar-refractivity contribution < 1.29 is 9.53 Å². The van der Waals surface area contributed by atoms with E-state index >= 15 is 0 Å². The van der Waals surface area contributed by atoms with E-state index in [2.05, 4.69) is 15.9 Å². The lowest BCUT2D eigenvalue weighted by Crippen LogP contribution is -2.24. The molecular weight excluding hydrogens is 305 g/mol.